The molecule has 1 aliphatic rings. The quantitative estimate of drug-likeness (QED) is 0.598. The Morgan fingerprint density at radius 1 is 1.19 bits per heavy atom. The molecule has 1 aromatic carbocycles. The fraction of sp³-hybridized carbons (Fsp3) is 0.375. The highest BCUT2D eigenvalue weighted by Crippen LogP contribution is 2.30. The van der Waals surface area contributed by atoms with E-state index in [-0.39, 0.29) is 11.9 Å². The fourth-order valence-corrected chi connectivity index (χ4v) is 4.27. The van der Waals surface area contributed by atoms with Crippen molar-refractivity contribution in [3.8, 4) is 11.1 Å². The Bertz CT molecular complexity index is 1070. The van der Waals surface area contributed by atoms with E-state index in [1.54, 1.807) is 23.3 Å². The number of aryl methyl sites for hydroxylation is 3. The van der Waals surface area contributed by atoms with E-state index in [9.17, 15) is 4.79 Å². The van der Waals surface area contributed by atoms with Gasteiger partial charge in [-0.25, -0.2) is 0 Å². The van der Waals surface area contributed by atoms with Gasteiger partial charge in [-0.3, -0.25) is 14.5 Å². The van der Waals surface area contributed by atoms with Gasteiger partial charge in [0.15, 0.2) is 0 Å². The van der Waals surface area contributed by atoms with Gasteiger partial charge in [-0.15, -0.1) is 0 Å². The van der Waals surface area contributed by atoms with Crippen molar-refractivity contribution in [1.82, 2.24) is 20.1 Å². The van der Waals surface area contributed by atoms with Gasteiger partial charge < -0.3 is 15.8 Å². The van der Waals surface area contributed by atoms with Crippen molar-refractivity contribution in [3.05, 3.63) is 71.3 Å². The van der Waals surface area contributed by atoms with Gasteiger partial charge in [-0.05, 0) is 44.7 Å². The van der Waals surface area contributed by atoms with Crippen molar-refractivity contribution in [2.75, 3.05) is 0 Å². The minimum absolute atomic E-state index is 0.199. The van der Waals surface area contributed by atoms with Crippen LogP contribution in [0.25, 0.3) is 11.1 Å². The van der Waals surface area contributed by atoms with Crippen LogP contribution in [-0.4, -0.2) is 32.4 Å². The maximum atomic E-state index is 13.0. The number of nitrogens with two attached hydrogens (primary N) is 1. The van der Waals surface area contributed by atoms with Gasteiger partial charge in [0.25, 0.3) is 5.91 Å². The Balaban J connectivity index is 1.44. The van der Waals surface area contributed by atoms with Crippen LogP contribution in [0.3, 0.4) is 0 Å². The van der Waals surface area contributed by atoms with Crippen LogP contribution < -0.4 is 11.1 Å². The lowest BCUT2D eigenvalue weighted by Gasteiger charge is -2.32. The van der Waals surface area contributed by atoms with Crippen LogP contribution in [0.2, 0.25) is 0 Å². The molecule has 0 bridgehead atoms. The average molecular weight is 420 g/mol. The largest absolute Gasteiger partial charge is 0.354 e. The summed E-state index contributed by atoms with van der Waals surface area (Å²) in [5.74, 6) is -0.199. The van der Waals surface area contributed by atoms with Crippen molar-refractivity contribution < 1.29 is 9.53 Å². The molecule has 1 aliphatic carbocycles. The maximum Gasteiger partial charge on any atom is 0.253 e. The molecule has 1 amide bonds. The van der Waals surface area contributed by atoms with Crippen molar-refractivity contribution in [2.24, 2.45) is 12.8 Å². The van der Waals surface area contributed by atoms with Crippen LogP contribution in [0.15, 0.2) is 49.1 Å². The molecule has 0 saturated heterocycles. The first-order valence-electron chi connectivity index (χ1n) is 10.6. The summed E-state index contributed by atoms with van der Waals surface area (Å²) in [7, 11) is 1.85. The Kier molecular flexibility index (Phi) is 5.89. The highest BCUT2D eigenvalue weighted by molar-refractivity contribution is 5.95. The first-order valence-corrected chi connectivity index (χ1v) is 10.6. The minimum atomic E-state index is -0.887. The third-order valence-electron chi connectivity index (χ3n) is 5.78. The van der Waals surface area contributed by atoms with Crippen molar-refractivity contribution in [3.63, 3.8) is 0 Å². The number of nitrogens with one attached hydrogen (secondary N) is 1. The van der Waals surface area contributed by atoms with Gasteiger partial charge in [-0.2, -0.15) is 5.10 Å². The van der Waals surface area contributed by atoms with E-state index in [2.05, 4.69) is 47.4 Å². The number of pyridine rings is 1. The molecule has 0 spiro atoms. The zero-order valence-electron chi connectivity index (χ0n) is 18.3. The predicted octanol–water partition coefficient (Wildman–Crippen LogP) is 3.25. The maximum absolute atomic E-state index is 13.0. The van der Waals surface area contributed by atoms with Gasteiger partial charge in [0.05, 0.1) is 24.4 Å². The van der Waals surface area contributed by atoms with Gasteiger partial charge in [0.2, 0.25) is 0 Å². The molecule has 162 valence electrons. The molecule has 7 nitrogen and oxygen atoms in total. The molecule has 3 N–H and O–H groups in total. The van der Waals surface area contributed by atoms with Gasteiger partial charge in [0.1, 0.15) is 5.72 Å². The number of hydrogen-bond acceptors (Lipinski definition) is 5. The summed E-state index contributed by atoms with van der Waals surface area (Å²) in [4.78, 5) is 17.2. The molecule has 0 aliphatic heterocycles. The van der Waals surface area contributed by atoms with Crippen LogP contribution in [-0.2, 0) is 18.4 Å². The number of hydrogen-bond donors (Lipinski definition) is 2. The summed E-state index contributed by atoms with van der Waals surface area (Å²) in [6.45, 7) is 4.56. The highest BCUT2D eigenvalue weighted by atomic mass is 16.5. The Hall–Kier alpha value is -3.03. The summed E-state index contributed by atoms with van der Waals surface area (Å²) in [5.41, 5.74) is 11.5. The summed E-state index contributed by atoms with van der Waals surface area (Å²) >= 11 is 0. The number of benzene rings is 1. The summed E-state index contributed by atoms with van der Waals surface area (Å²) in [5, 5.41) is 7.26. The van der Waals surface area contributed by atoms with E-state index in [4.69, 9.17) is 10.5 Å². The average Bonchev–Trinajstić information content (AvgIpc) is 3.32. The molecule has 31 heavy (non-hydrogen) atoms. The standard InChI is InChI=1S/C24H29N5O2/c1-16-7-17(2)9-18(8-16)15-31-24(25)6-4-5-22(24)28-23(30)20-10-19(11-26-12-20)21-13-27-29(3)14-21/h7-14,22H,4-6,15,25H2,1-3H3,(H,28,30)/t22-,24-/m0/s1. The van der Waals surface area contributed by atoms with Crippen LogP contribution in [0, 0.1) is 13.8 Å². The lowest BCUT2D eigenvalue weighted by atomic mass is 10.1. The monoisotopic (exact) mass is 419 g/mol. The third kappa shape index (κ3) is 4.84. The van der Waals surface area contributed by atoms with Crippen LogP contribution in [0.1, 0.15) is 46.3 Å². The number of aromatic nitrogens is 3. The molecule has 2 aromatic heterocycles. The second kappa shape index (κ2) is 8.61. The molecule has 1 saturated carbocycles. The molecular formula is C24H29N5O2. The van der Waals surface area contributed by atoms with E-state index < -0.39 is 5.72 Å². The van der Waals surface area contributed by atoms with E-state index >= 15 is 0 Å². The topological polar surface area (TPSA) is 95.1 Å². The lowest BCUT2D eigenvalue weighted by Crippen LogP contribution is -2.56. The Morgan fingerprint density at radius 2 is 1.97 bits per heavy atom. The molecule has 2 heterocycles. The number of carbonyl (C=O) groups excluding carboxylic acids is 1. The summed E-state index contributed by atoms with van der Waals surface area (Å²) in [6, 6.07) is 7.91. The molecule has 2 atom stereocenters. The highest BCUT2D eigenvalue weighted by Gasteiger charge is 2.41. The van der Waals surface area contributed by atoms with Gasteiger partial charge in [-0.1, -0.05) is 29.3 Å². The van der Waals surface area contributed by atoms with Crippen molar-refractivity contribution in [1.29, 1.82) is 0 Å². The lowest BCUT2D eigenvalue weighted by molar-refractivity contribution is -0.0633. The first-order chi connectivity index (χ1) is 14.8. The number of nitrogens with zero attached hydrogens (tertiary/aromatic N) is 3. The third-order valence-corrected chi connectivity index (χ3v) is 5.78. The number of rotatable bonds is 6. The second-order valence-electron chi connectivity index (χ2n) is 8.52. The van der Waals surface area contributed by atoms with Crippen molar-refractivity contribution >= 4 is 5.91 Å². The molecular weight excluding hydrogens is 390 g/mol. The zero-order chi connectivity index (χ0) is 22.0. The summed E-state index contributed by atoms with van der Waals surface area (Å²) in [6.07, 6.45) is 9.33. The second-order valence-corrected chi connectivity index (χ2v) is 8.52. The van der Waals surface area contributed by atoms with E-state index in [1.165, 1.54) is 11.1 Å². The molecule has 1 fully saturated rings. The van der Waals surface area contributed by atoms with E-state index in [0.29, 0.717) is 18.6 Å². The summed E-state index contributed by atoms with van der Waals surface area (Å²) < 4.78 is 7.89. The van der Waals surface area contributed by atoms with E-state index in [1.807, 2.05) is 19.3 Å². The molecule has 0 unspecified atom stereocenters. The van der Waals surface area contributed by atoms with Crippen LogP contribution >= 0.6 is 0 Å². The smallest absolute Gasteiger partial charge is 0.253 e. The minimum Gasteiger partial charge on any atom is -0.354 e. The van der Waals surface area contributed by atoms with Crippen LogP contribution in [0.5, 0.6) is 0 Å². The molecule has 4 rings (SSSR count). The van der Waals surface area contributed by atoms with Gasteiger partial charge in [0, 0.05) is 36.8 Å². The molecule has 7 heteroatoms. The van der Waals surface area contributed by atoms with Gasteiger partial charge >= 0.3 is 0 Å². The zero-order valence-corrected chi connectivity index (χ0v) is 18.3. The Morgan fingerprint density at radius 3 is 2.68 bits per heavy atom. The number of ether oxygens (including phenoxy) is 1. The normalized spacial score (nSPS) is 20.7. The molecule has 3 aromatic rings. The Labute approximate surface area is 182 Å². The van der Waals surface area contributed by atoms with Crippen molar-refractivity contribution in [2.45, 2.75) is 51.5 Å². The molecule has 0 radical (unpaired) electrons. The predicted molar refractivity (Wildman–Crippen MR) is 119 cm³/mol. The number of carbonyl (C=O) groups is 1. The first kappa shape index (κ1) is 21.2. The van der Waals surface area contributed by atoms with Crippen LogP contribution in [0.4, 0.5) is 0 Å². The number of amides is 1. The SMILES string of the molecule is Cc1cc(C)cc(CO[C@@]2(N)CCC[C@@H]2NC(=O)c2cncc(-c3cnn(C)c3)c2)c1. The fourth-order valence-electron chi connectivity index (χ4n) is 4.27. The van der Waals surface area contributed by atoms with E-state index in [0.717, 1.165) is 29.5 Å².